The first-order valence-electron chi connectivity index (χ1n) is 5.81. The molecular weight excluding hydrogens is 234 g/mol. The fourth-order valence-electron chi connectivity index (χ4n) is 1.69. The molecular formula is C12H17N3OS. The smallest absolute Gasteiger partial charge is 0.0986 e. The van der Waals surface area contributed by atoms with Crippen molar-refractivity contribution in [3.05, 3.63) is 30.1 Å². The zero-order valence-corrected chi connectivity index (χ0v) is 10.7. The van der Waals surface area contributed by atoms with Gasteiger partial charge in [-0.3, -0.25) is 4.98 Å². The van der Waals surface area contributed by atoms with Crippen LogP contribution in [0.5, 0.6) is 0 Å². The Bertz CT molecular complexity index is 365. The molecule has 2 rings (SSSR count). The lowest BCUT2D eigenvalue weighted by molar-refractivity contribution is 0.0248. The maximum absolute atomic E-state index is 5.41. The molecule has 0 saturated carbocycles. The average Bonchev–Trinajstić information content (AvgIpc) is 2.40. The minimum absolute atomic E-state index is 0.133. The van der Waals surface area contributed by atoms with Crippen molar-refractivity contribution in [1.29, 1.82) is 0 Å². The quantitative estimate of drug-likeness (QED) is 0.821. The summed E-state index contributed by atoms with van der Waals surface area (Å²) < 4.78 is 5.29. The third-order valence-electron chi connectivity index (χ3n) is 2.80. The highest BCUT2D eigenvalue weighted by Gasteiger charge is 2.16. The van der Waals surface area contributed by atoms with Gasteiger partial charge in [-0.05, 0) is 12.1 Å². The number of ether oxygens (including phenoxy) is 1. The summed E-state index contributed by atoms with van der Waals surface area (Å²) in [5, 5.41) is 2.10. The number of hydrogen-bond donors (Lipinski definition) is 1. The fourth-order valence-corrected chi connectivity index (χ4v) is 1.94. The molecule has 5 heteroatoms. The van der Waals surface area contributed by atoms with Gasteiger partial charge >= 0.3 is 0 Å². The van der Waals surface area contributed by atoms with Crippen molar-refractivity contribution in [3.63, 3.8) is 0 Å². The monoisotopic (exact) mass is 251 g/mol. The number of morpholine rings is 1. The number of nitrogens with zero attached hydrogens (tertiary/aromatic N) is 2. The Morgan fingerprint density at radius 2 is 2.24 bits per heavy atom. The second-order valence-corrected chi connectivity index (χ2v) is 4.49. The van der Waals surface area contributed by atoms with Crippen LogP contribution in [0, 0.1) is 0 Å². The Morgan fingerprint density at radius 3 is 2.88 bits per heavy atom. The number of pyridine rings is 1. The summed E-state index contributed by atoms with van der Waals surface area (Å²) in [6.45, 7) is 5.32. The molecule has 1 unspecified atom stereocenters. The SMILES string of the molecule is CC(C(=S)NN1CCOCC1)c1ccccn1. The zero-order chi connectivity index (χ0) is 12.1. The lowest BCUT2D eigenvalue weighted by atomic mass is 10.1. The van der Waals surface area contributed by atoms with Crippen LogP contribution in [0.3, 0.4) is 0 Å². The molecule has 0 aliphatic carbocycles. The van der Waals surface area contributed by atoms with Gasteiger partial charge in [0.15, 0.2) is 0 Å². The maximum Gasteiger partial charge on any atom is 0.0986 e. The summed E-state index contributed by atoms with van der Waals surface area (Å²) in [6.07, 6.45) is 1.79. The van der Waals surface area contributed by atoms with E-state index in [1.54, 1.807) is 6.20 Å². The van der Waals surface area contributed by atoms with E-state index < -0.39 is 0 Å². The summed E-state index contributed by atoms with van der Waals surface area (Å²) in [5.41, 5.74) is 4.26. The molecule has 92 valence electrons. The molecule has 1 atom stereocenters. The Kier molecular flexibility index (Phi) is 4.42. The Labute approximate surface area is 107 Å². The van der Waals surface area contributed by atoms with Gasteiger partial charge in [0, 0.05) is 25.0 Å². The molecule has 1 N–H and O–H groups in total. The normalized spacial score (nSPS) is 18.6. The zero-order valence-electron chi connectivity index (χ0n) is 9.93. The highest BCUT2D eigenvalue weighted by atomic mass is 32.1. The van der Waals surface area contributed by atoms with Crippen LogP contribution in [0.4, 0.5) is 0 Å². The van der Waals surface area contributed by atoms with Crippen molar-refractivity contribution in [3.8, 4) is 0 Å². The molecule has 0 aromatic carbocycles. The number of aromatic nitrogens is 1. The van der Waals surface area contributed by atoms with Crippen molar-refractivity contribution in [2.75, 3.05) is 26.3 Å². The first-order valence-corrected chi connectivity index (χ1v) is 6.22. The van der Waals surface area contributed by atoms with Gasteiger partial charge in [-0.15, -0.1) is 0 Å². The molecule has 0 bridgehead atoms. The first-order chi connectivity index (χ1) is 8.27. The topological polar surface area (TPSA) is 37.4 Å². The maximum atomic E-state index is 5.41. The third kappa shape index (κ3) is 3.46. The molecule has 1 aliphatic rings. The molecule has 17 heavy (non-hydrogen) atoms. The van der Waals surface area contributed by atoms with Crippen molar-refractivity contribution in [1.82, 2.24) is 15.4 Å². The molecule has 1 aliphatic heterocycles. The fraction of sp³-hybridized carbons (Fsp3) is 0.500. The van der Waals surface area contributed by atoms with Crippen LogP contribution in [0.2, 0.25) is 0 Å². The van der Waals surface area contributed by atoms with Gasteiger partial charge in [-0.25, -0.2) is 5.01 Å². The summed E-state index contributed by atoms with van der Waals surface area (Å²) in [5.74, 6) is 0.133. The molecule has 1 saturated heterocycles. The lowest BCUT2D eigenvalue weighted by Gasteiger charge is -2.29. The standard InChI is InChI=1S/C12H17N3OS/c1-10(11-4-2-3-5-13-11)12(17)14-15-6-8-16-9-7-15/h2-5,10H,6-9H2,1H3,(H,14,17). The van der Waals surface area contributed by atoms with E-state index >= 15 is 0 Å². The molecule has 1 fully saturated rings. The average molecular weight is 251 g/mol. The second kappa shape index (κ2) is 6.05. The molecule has 4 nitrogen and oxygen atoms in total. The molecule has 0 spiro atoms. The molecule has 1 aromatic heterocycles. The predicted octanol–water partition coefficient (Wildman–Crippen LogP) is 1.35. The summed E-state index contributed by atoms with van der Waals surface area (Å²) in [6, 6.07) is 5.89. The summed E-state index contributed by atoms with van der Waals surface area (Å²) in [4.78, 5) is 5.13. The van der Waals surface area contributed by atoms with Gasteiger partial charge in [0.05, 0.1) is 24.1 Å². The van der Waals surface area contributed by atoms with E-state index in [4.69, 9.17) is 17.0 Å². The van der Waals surface area contributed by atoms with Gasteiger partial charge < -0.3 is 10.2 Å². The largest absolute Gasteiger partial charge is 0.379 e. The van der Waals surface area contributed by atoms with E-state index in [-0.39, 0.29) is 5.92 Å². The van der Waals surface area contributed by atoms with Gasteiger partial charge in [-0.2, -0.15) is 0 Å². The third-order valence-corrected chi connectivity index (χ3v) is 3.25. The van der Waals surface area contributed by atoms with E-state index in [0.717, 1.165) is 37.0 Å². The Balaban J connectivity index is 1.91. The van der Waals surface area contributed by atoms with E-state index in [2.05, 4.69) is 22.3 Å². The van der Waals surface area contributed by atoms with Gasteiger partial charge in [0.2, 0.25) is 0 Å². The lowest BCUT2D eigenvalue weighted by Crippen LogP contribution is -2.48. The van der Waals surface area contributed by atoms with E-state index in [1.165, 1.54) is 0 Å². The van der Waals surface area contributed by atoms with Crippen LogP contribution in [-0.4, -0.2) is 41.3 Å². The highest BCUT2D eigenvalue weighted by molar-refractivity contribution is 7.80. The van der Waals surface area contributed by atoms with Crippen LogP contribution < -0.4 is 5.43 Å². The number of hydrogen-bond acceptors (Lipinski definition) is 4. The van der Waals surface area contributed by atoms with E-state index in [1.807, 2.05) is 18.2 Å². The molecule has 1 aromatic rings. The van der Waals surface area contributed by atoms with Gasteiger partial charge in [-0.1, -0.05) is 25.2 Å². The number of nitrogens with one attached hydrogen (secondary N) is 1. The van der Waals surface area contributed by atoms with Gasteiger partial charge in [0.25, 0.3) is 0 Å². The number of thiocarbonyl (C=S) groups is 1. The van der Waals surface area contributed by atoms with Crippen LogP contribution in [0.25, 0.3) is 0 Å². The van der Waals surface area contributed by atoms with Crippen molar-refractivity contribution in [2.45, 2.75) is 12.8 Å². The number of rotatable bonds is 3. The van der Waals surface area contributed by atoms with Crippen molar-refractivity contribution < 1.29 is 4.74 Å². The molecule has 0 amide bonds. The van der Waals surface area contributed by atoms with Crippen LogP contribution in [0.1, 0.15) is 18.5 Å². The molecule has 0 radical (unpaired) electrons. The highest BCUT2D eigenvalue weighted by Crippen LogP contribution is 2.13. The van der Waals surface area contributed by atoms with Crippen molar-refractivity contribution >= 4 is 17.2 Å². The van der Waals surface area contributed by atoms with Crippen LogP contribution in [-0.2, 0) is 4.74 Å². The first kappa shape index (κ1) is 12.4. The molecule has 2 heterocycles. The van der Waals surface area contributed by atoms with Crippen LogP contribution in [0.15, 0.2) is 24.4 Å². The van der Waals surface area contributed by atoms with Crippen molar-refractivity contribution in [2.24, 2.45) is 0 Å². The second-order valence-electron chi connectivity index (χ2n) is 4.05. The predicted molar refractivity (Wildman–Crippen MR) is 70.8 cm³/mol. The summed E-state index contributed by atoms with van der Waals surface area (Å²) in [7, 11) is 0. The minimum atomic E-state index is 0.133. The number of hydrazine groups is 1. The van der Waals surface area contributed by atoms with E-state index in [9.17, 15) is 0 Å². The minimum Gasteiger partial charge on any atom is -0.379 e. The Morgan fingerprint density at radius 1 is 1.47 bits per heavy atom. The summed E-state index contributed by atoms with van der Waals surface area (Å²) >= 11 is 5.41. The van der Waals surface area contributed by atoms with Gasteiger partial charge in [0.1, 0.15) is 0 Å². The van der Waals surface area contributed by atoms with E-state index in [0.29, 0.717) is 0 Å². The van der Waals surface area contributed by atoms with Crippen LogP contribution >= 0.6 is 12.2 Å². The Hall–Kier alpha value is -1.04.